The van der Waals surface area contributed by atoms with Gasteiger partial charge in [-0.05, 0) is 25.7 Å². The summed E-state index contributed by atoms with van der Waals surface area (Å²) in [6.07, 6.45) is 4.23. The van der Waals surface area contributed by atoms with Gasteiger partial charge in [-0.15, -0.1) is 6.58 Å². The highest BCUT2D eigenvalue weighted by Crippen LogP contribution is 2.15. The molecule has 0 radical (unpaired) electrons. The van der Waals surface area contributed by atoms with Crippen LogP contribution in [0.1, 0.15) is 33.6 Å². The van der Waals surface area contributed by atoms with Crippen LogP contribution in [0.15, 0.2) is 12.7 Å². The van der Waals surface area contributed by atoms with Gasteiger partial charge in [0, 0.05) is 18.6 Å². The molecule has 0 aromatic heterocycles. The van der Waals surface area contributed by atoms with Crippen molar-refractivity contribution >= 4 is 0 Å². The van der Waals surface area contributed by atoms with Gasteiger partial charge in [0.2, 0.25) is 0 Å². The average Bonchev–Trinajstić information content (AvgIpc) is 2.11. The molecule has 3 N–H and O–H groups in total. The lowest BCUT2D eigenvalue weighted by molar-refractivity contribution is 0.325. The van der Waals surface area contributed by atoms with Gasteiger partial charge in [0.1, 0.15) is 0 Å². The summed E-state index contributed by atoms with van der Waals surface area (Å²) in [6, 6.07) is 0. The molecule has 0 aromatic carbocycles. The van der Waals surface area contributed by atoms with Crippen molar-refractivity contribution < 1.29 is 0 Å². The van der Waals surface area contributed by atoms with Crippen molar-refractivity contribution in [3.05, 3.63) is 12.7 Å². The minimum absolute atomic E-state index is 0.0818. The van der Waals surface area contributed by atoms with Crippen molar-refractivity contribution in [1.29, 1.82) is 0 Å². The highest BCUT2D eigenvalue weighted by Gasteiger charge is 2.20. The van der Waals surface area contributed by atoms with Gasteiger partial charge in [-0.25, -0.2) is 0 Å². The van der Waals surface area contributed by atoms with Gasteiger partial charge < -0.3 is 11.1 Å². The Balaban J connectivity index is 3.87. The summed E-state index contributed by atoms with van der Waals surface area (Å²) in [7, 11) is 0. The maximum absolute atomic E-state index is 5.74. The Labute approximate surface area is 82.6 Å². The SMILES string of the molecule is C=CCNC(C)(CN)CCC(C)C. The van der Waals surface area contributed by atoms with Crippen LogP contribution in [0.2, 0.25) is 0 Å². The molecular weight excluding hydrogens is 160 g/mol. The zero-order valence-electron chi connectivity index (χ0n) is 9.27. The van der Waals surface area contributed by atoms with Crippen LogP contribution in [0.4, 0.5) is 0 Å². The maximum atomic E-state index is 5.74. The lowest BCUT2D eigenvalue weighted by atomic mass is 9.92. The van der Waals surface area contributed by atoms with E-state index in [1.807, 2.05) is 6.08 Å². The quantitative estimate of drug-likeness (QED) is 0.593. The van der Waals surface area contributed by atoms with Crippen LogP contribution < -0.4 is 11.1 Å². The molecule has 0 rings (SSSR count). The molecule has 1 atom stereocenters. The molecule has 0 spiro atoms. The summed E-state index contributed by atoms with van der Waals surface area (Å²) in [5, 5.41) is 3.41. The van der Waals surface area contributed by atoms with E-state index in [-0.39, 0.29) is 5.54 Å². The largest absolute Gasteiger partial charge is 0.329 e. The highest BCUT2D eigenvalue weighted by molar-refractivity contribution is 4.87. The summed E-state index contributed by atoms with van der Waals surface area (Å²) in [6.45, 7) is 11.9. The molecule has 0 amide bonds. The first-order chi connectivity index (χ1) is 6.04. The van der Waals surface area contributed by atoms with Crippen molar-refractivity contribution in [1.82, 2.24) is 5.32 Å². The minimum Gasteiger partial charge on any atom is -0.329 e. The van der Waals surface area contributed by atoms with Crippen LogP contribution >= 0.6 is 0 Å². The molecule has 2 heteroatoms. The van der Waals surface area contributed by atoms with Gasteiger partial charge in [-0.3, -0.25) is 0 Å². The molecule has 0 aromatic rings. The second kappa shape index (κ2) is 6.17. The lowest BCUT2D eigenvalue weighted by Crippen LogP contribution is -2.48. The van der Waals surface area contributed by atoms with E-state index < -0.39 is 0 Å². The van der Waals surface area contributed by atoms with Gasteiger partial charge in [0.25, 0.3) is 0 Å². The van der Waals surface area contributed by atoms with Crippen LogP contribution in [0.25, 0.3) is 0 Å². The van der Waals surface area contributed by atoms with Crippen LogP contribution in [0.5, 0.6) is 0 Å². The van der Waals surface area contributed by atoms with Crippen LogP contribution in [-0.2, 0) is 0 Å². The first-order valence-corrected chi connectivity index (χ1v) is 5.10. The molecule has 0 heterocycles. The standard InChI is InChI=1S/C11H24N2/c1-5-8-13-11(4,9-12)7-6-10(2)3/h5,10,13H,1,6-9,12H2,2-4H3. The predicted octanol–water partition coefficient (Wildman–Crippen LogP) is 1.92. The van der Waals surface area contributed by atoms with Gasteiger partial charge in [-0.2, -0.15) is 0 Å². The van der Waals surface area contributed by atoms with Crippen molar-refractivity contribution in [3.8, 4) is 0 Å². The van der Waals surface area contributed by atoms with E-state index in [1.165, 1.54) is 6.42 Å². The van der Waals surface area contributed by atoms with Gasteiger partial charge >= 0.3 is 0 Å². The van der Waals surface area contributed by atoms with E-state index in [0.29, 0.717) is 6.54 Å². The zero-order chi connectivity index (χ0) is 10.3. The predicted molar refractivity (Wildman–Crippen MR) is 59.7 cm³/mol. The van der Waals surface area contributed by atoms with Gasteiger partial charge in [-0.1, -0.05) is 19.9 Å². The summed E-state index contributed by atoms with van der Waals surface area (Å²) in [4.78, 5) is 0. The molecule has 0 aliphatic carbocycles. The molecule has 0 fully saturated rings. The van der Waals surface area contributed by atoms with Gasteiger partial charge in [0.15, 0.2) is 0 Å². The van der Waals surface area contributed by atoms with Crippen molar-refractivity contribution in [2.24, 2.45) is 11.7 Å². The van der Waals surface area contributed by atoms with Gasteiger partial charge in [0.05, 0.1) is 0 Å². The molecule has 1 unspecified atom stereocenters. The second-order valence-electron chi connectivity index (χ2n) is 4.37. The smallest absolute Gasteiger partial charge is 0.0278 e. The molecule has 0 saturated carbocycles. The fourth-order valence-corrected chi connectivity index (χ4v) is 1.19. The molecular formula is C11H24N2. The Kier molecular flexibility index (Phi) is 6.00. The van der Waals surface area contributed by atoms with Crippen molar-refractivity contribution in [2.45, 2.75) is 39.2 Å². The van der Waals surface area contributed by atoms with Crippen molar-refractivity contribution in [3.63, 3.8) is 0 Å². The summed E-state index contributed by atoms with van der Waals surface area (Å²) in [5.41, 5.74) is 5.82. The van der Waals surface area contributed by atoms with Crippen LogP contribution in [0.3, 0.4) is 0 Å². The van der Waals surface area contributed by atoms with E-state index in [9.17, 15) is 0 Å². The Morgan fingerprint density at radius 3 is 2.54 bits per heavy atom. The zero-order valence-corrected chi connectivity index (χ0v) is 9.27. The fraction of sp³-hybridized carbons (Fsp3) is 0.818. The molecule has 2 nitrogen and oxygen atoms in total. The number of nitrogens with one attached hydrogen (secondary N) is 1. The molecule has 0 saturated heterocycles. The highest BCUT2D eigenvalue weighted by atomic mass is 15.0. The summed E-state index contributed by atoms with van der Waals surface area (Å²) in [5.74, 6) is 0.747. The normalized spacial score (nSPS) is 15.8. The molecule has 0 aliphatic heterocycles. The number of hydrogen-bond donors (Lipinski definition) is 2. The molecule has 13 heavy (non-hydrogen) atoms. The van der Waals surface area contributed by atoms with E-state index in [0.717, 1.165) is 18.9 Å². The van der Waals surface area contributed by atoms with E-state index in [2.05, 4.69) is 32.7 Å². The molecule has 78 valence electrons. The Morgan fingerprint density at radius 1 is 1.54 bits per heavy atom. The fourth-order valence-electron chi connectivity index (χ4n) is 1.19. The van der Waals surface area contributed by atoms with Crippen LogP contribution in [-0.4, -0.2) is 18.6 Å². The molecule has 0 bridgehead atoms. The maximum Gasteiger partial charge on any atom is 0.0278 e. The third kappa shape index (κ3) is 5.83. The Bertz CT molecular complexity index is 143. The Morgan fingerprint density at radius 2 is 2.15 bits per heavy atom. The summed E-state index contributed by atoms with van der Waals surface area (Å²) >= 11 is 0. The van der Waals surface area contributed by atoms with Crippen LogP contribution in [0, 0.1) is 5.92 Å². The molecule has 0 aliphatic rings. The van der Waals surface area contributed by atoms with Crippen molar-refractivity contribution in [2.75, 3.05) is 13.1 Å². The number of nitrogens with two attached hydrogens (primary N) is 1. The summed E-state index contributed by atoms with van der Waals surface area (Å²) < 4.78 is 0. The third-order valence-corrected chi connectivity index (χ3v) is 2.40. The minimum atomic E-state index is 0.0818. The average molecular weight is 184 g/mol. The Hall–Kier alpha value is -0.340. The lowest BCUT2D eigenvalue weighted by Gasteiger charge is -2.29. The first-order valence-electron chi connectivity index (χ1n) is 5.10. The number of rotatable bonds is 7. The number of hydrogen-bond acceptors (Lipinski definition) is 2. The van der Waals surface area contributed by atoms with E-state index in [1.54, 1.807) is 0 Å². The third-order valence-electron chi connectivity index (χ3n) is 2.40. The second-order valence-corrected chi connectivity index (χ2v) is 4.37. The van der Waals surface area contributed by atoms with E-state index >= 15 is 0 Å². The monoisotopic (exact) mass is 184 g/mol. The van der Waals surface area contributed by atoms with E-state index in [4.69, 9.17) is 5.73 Å². The topological polar surface area (TPSA) is 38.0 Å². The first kappa shape index (κ1) is 12.7.